The van der Waals surface area contributed by atoms with Crippen LogP contribution in [0.25, 0.3) is 0 Å². The molecule has 0 radical (unpaired) electrons. The predicted molar refractivity (Wildman–Crippen MR) is 42.1 cm³/mol. The second kappa shape index (κ2) is 3.38. The minimum Gasteiger partial charge on any atom is -0.392 e. The van der Waals surface area contributed by atoms with Gasteiger partial charge in [-0.1, -0.05) is 17.7 Å². The summed E-state index contributed by atoms with van der Waals surface area (Å²) in [4.78, 5) is 0. The van der Waals surface area contributed by atoms with E-state index in [-0.39, 0.29) is 6.61 Å². The lowest BCUT2D eigenvalue weighted by Crippen LogP contribution is -1.85. The van der Waals surface area contributed by atoms with Crippen molar-refractivity contribution in [2.24, 2.45) is 0 Å². The molecule has 3 heteroatoms. The molecule has 0 fully saturated rings. The minimum atomic E-state index is -0.0927. The van der Waals surface area contributed by atoms with Gasteiger partial charge in [-0.05, 0) is 17.7 Å². The molecule has 0 aliphatic rings. The van der Waals surface area contributed by atoms with Crippen LogP contribution in [-0.2, 0) is 6.61 Å². The molecule has 1 N–H and O–H groups in total. The van der Waals surface area contributed by atoms with Gasteiger partial charge in [-0.3, -0.25) is 0 Å². The summed E-state index contributed by atoms with van der Waals surface area (Å²) < 4.78 is 0. The molecule has 1 rings (SSSR count). The summed E-state index contributed by atoms with van der Waals surface area (Å²) in [6.07, 6.45) is 0. The molecule has 0 saturated carbocycles. The van der Waals surface area contributed by atoms with Gasteiger partial charge in [0.1, 0.15) is 0 Å². The number of benzene rings is 1. The largest absolute Gasteiger partial charge is 0.392 e. The van der Waals surface area contributed by atoms with Crippen molar-refractivity contribution in [3.63, 3.8) is 0 Å². The van der Waals surface area contributed by atoms with Crippen LogP contribution in [0.4, 0.5) is 0 Å². The summed E-state index contributed by atoms with van der Waals surface area (Å²) in [7, 11) is 0. The van der Waals surface area contributed by atoms with Gasteiger partial charge < -0.3 is 5.11 Å². The predicted octanol–water partition coefficient (Wildman–Crippen LogP) is 1.70. The van der Waals surface area contributed by atoms with Crippen molar-refractivity contribution in [3.05, 3.63) is 34.3 Å². The highest BCUT2D eigenvalue weighted by atomic mass is 35.5. The Balaban J connectivity index is 3.12. The van der Waals surface area contributed by atoms with Crippen molar-refractivity contribution in [1.82, 2.24) is 0 Å². The molecule has 1 aromatic carbocycles. The Morgan fingerprint density at radius 1 is 1.55 bits per heavy atom. The van der Waals surface area contributed by atoms with Crippen LogP contribution in [0.15, 0.2) is 18.2 Å². The zero-order valence-corrected chi connectivity index (χ0v) is 6.47. The summed E-state index contributed by atoms with van der Waals surface area (Å²) in [6, 6.07) is 6.75. The number of nitrogens with zero attached hydrogens (tertiary/aromatic N) is 1. The fourth-order valence-corrected chi connectivity index (χ4v) is 0.985. The maximum Gasteiger partial charge on any atom is 0.0992 e. The van der Waals surface area contributed by atoms with Crippen molar-refractivity contribution in [2.45, 2.75) is 6.61 Å². The van der Waals surface area contributed by atoms with Crippen molar-refractivity contribution in [2.75, 3.05) is 0 Å². The van der Waals surface area contributed by atoms with E-state index in [0.29, 0.717) is 16.1 Å². The first-order valence-electron chi connectivity index (χ1n) is 3.07. The Morgan fingerprint density at radius 2 is 2.27 bits per heavy atom. The van der Waals surface area contributed by atoms with Crippen LogP contribution in [0.3, 0.4) is 0 Å². The summed E-state index contributed by atoms with van der Waals surface area (Å²) >= 11 is 5.70. The number of aliphatic hydroxyl groups excluding tert-OH is 1. The van der Waals surface area contributed by atoms with Gasteiger partial charge in [-0.25, -0.2) is 0 Å². The Morgan fingerprint density at radius 3 is 2.73 bits per heavy atom. The number of hydrogen-bond donors (Lipinski definition) is 1. The molecule has 0 unspecified atom stereocenters. The Hall–Kier alpha value is -1.04. The Bertz CT molecular complexity index is 303. The van der Waals surface area contributed by atoms with Gasteiger partial charge in [0.25, 0.3) is 0 Å². The summed E-state index contributed by atoms with van der Waals surface area (Å²) in [5.74, 6) is 0. The topological polar surface area (TPSA) is 44.0 Å². The van der Waals surface area contributed by atoms with E-state index in [1.807, 2.05) is 6.07 Å². The molecule has 0 aliphatic carbocycles. The van der Waals surface area contributed by atoms with Crippen molar-refractivity contribution in [3.8, 4) is 6.07 Å². The lowest BCUT2D eigenvalue weighted by Gasteiger charge is -1.98. The second-order valence-corrected chi connectivity index (χ2v) is 2.48. The number of aliphatic hydroxyl groups is 1. The van der Waals surface area contributed by atoms with Gasteiger partial charge >= 0.3 is 0 Å². The van der Waals surface area contributed by atoms with Crippen molar-refractivity contribution < 1.29 is 5.11 Å². The van der Waals surface area contributed by atoms with Gasteiger partial charge in [0.15, 0.2) is 0 Å². The first kappa shape index (κ1) is 8.06. The van der Waals surface area contributed by atoms with Crippen LogP contribution in [-0.4, -0.2) is 5.11 Å². The highest BCUT2D eigenvalue weighted by Gasteiger charge is 1.98. The maximum atomic E-state index is 8.71. The SMILES string of the molecule is N#Cc1ccc(CO)c(Cl)c1. The first-order valence-corrected chi connectivity index (χ1v) is 3.45. The zero-order chi connectivity index (χ0) is 8.27. The van der Waals surface area contributed by atoms with Crippen LogP contribution in [0.1, 0.15) is 11.1 Å². The molecular formula is C8H6ClNO. The van der Waals surface area contributed by atoms with E-state index in [4.69, 9.17) is 22.0 Å². The molecule has 0 aromatic heterocycles. The Kier molecular flexibility index (Phi) is 2.48. The van der Waals surface area contributed by atoms with E-state index in [1.165, 1.54) is 6.07 Å². The van der Waals surface area contributed by atoms with E-state index in [1.54, 1.807) is 12.1 Å². The third-order valence-corrected chi connectivity index (χ3v) is 1.70. The van der Waals surface area contributed by atoms with E-state index >= 15 is 0 Å². The quantitative estimate of drug-likeness (QED) is 0.692. The summed E-state index contributed by atoms with van der Waals surface area (Å²) in [5, 5.41) is 17.6. The summed E-state index contributed by atoms with van der Waals surface area (Å²) in [6.45, 7) is -0.0927. The van der Waals surface area contributed by atoms with Crippen molar-refractivity contribution in [1.29, 1.82) is 5.26 Å². The Labute approximate surface area is 69.7 Å². The van der Waals surface area contributed by atoms with E-state index in [9.17, 15) is 0 Å². The van der Waals surface area contributed by atoms with Crippen molar-refractivity contribution >= 4 is 11.6 Å². The molecule has 11 heavy (non-hydrogen) atoms. The van der Waals surface area contributed by atoms with Gasteiger partial charge in [0, 0.05) is 5.02 Å². The fraction of sp³-hybridized carbons (Fsp3) is 0.125. The number of hydrogen-bond acceptors (Lipinski definition) is 2. The van der Waals surface area contributed by atoms with Crippen LogP contribution < -0.4 is 0 Å². The second-order valence-electron chi connectivity index (χ2n) is 2.08. The highest BCUT2D eigenvalue weighted by molar-refractivity contribution is 6.31. The van der Waals surface area contributed by atoms with E-state index < -0.39 is 0 Å². The van der Waals surface area contributed by atoms with Crippen LogP contribution >= 0.6 is 11.6 Å². The molecule has 2 nitrogen and oxygen atoms in total. The van der Waals surface area contributed by atoms with Gasteiger partial charge in [-0.2, -0.15) is 5.26 Å². The van der Waals surface area contributed by atoms with Crippen LogP contribution in [0.5, 0.6) is 0 Å². The minimum absolute atomic E-state index is 0.0927. The van der Waals surface area contributed by atoms with E-state index in [2.05, 4.69) is 0 Å². The van der Waals surface area contributed by atoms with Gasteiger partial charge in [0.05, 0.1) is 18.2 Å². The number of nitriles is 1. The first-order chi connectivity index (χ1) is 5.27. The normalized spacial score (nSPS) is 9.18. The van der Waals surface area contributed by atoms with E-state index in [0.717, 1.165) is 0 Å². The molecule has 0 saturated heterocycles. The molecule has 0 heterocycles. The van der Waals surface area contributed by atoms with Gasteiger partial charge in [0.2, 0.25) is 0 Å². The molecule has 0 atom stereocenters. The maximum absolute atomic E-state index is 8.71. The monoisotopic (exact) mass is 167 g/mol. The average molecular weight is 168 g/mol. The average Bonchev–Trinajstić information content (AvgIpc) is 2.04. The lowest BCUT2D eigenvalue weighted by atomic mass is 10.1. The molecule has 0 amide bonds. The molecular weight excluding hydrogens is 162 g/mol. The highest BCUT2D eigenvalue weighted by Crippen LogP contribution is 2.16. The van der Waals surface area contributed by atoms with Crippen LogP contribution in [0, 0.1) is 11.3 Å². The number of rotatable bonds is 1. The summed E-state index contributed by atoms with van der Waals surface area (Å²) in [5.41, 5.74) is 1.15. The molecule has 0 aliphatic heterocycles. The number of halogens is 1. The third kappa shape index (κ3) is 1.70. The molecule has 1 aromatic rings. The molecule has 0 spiro atoms. The standard InChI is InChI=1S/C8H6ClNO/c9-8-3-6(4-10)1-2-7(8)5-11/h1-3,11H,5H2. The van der Waals surface area contributed by atoms with Gasteiger partial charge in [-0.15, -0.1) is 0 Å². The fourth-order valence-electron chi connectivity index (χ4n) is 0.745. The lowest BCUT2D eigenvalue weighted by molar-refractivity contribution is 0.282. The third-order valence-electron chi connectivity index (χ3n) is 1.35. The van der Waals surface area contributed by atoms with Crippen LogP contribution in [0.2, 0.25) is 5.02 Å². The smallest absolute Gasteiger partial charge is 0.0992 e. The zero-order valence-electron chi connectivity index (χ0n) is 5.71. The molecule has 56 valence electrons. The molecule has 0 bridgehead atoms.